The summed E-state index contributed by atoms with van der Waals surface area (Å²) in [5.74, 6) is 0. The van der Waals surface area contributed by atoms with Crippen molar-refractivity contribution in [1.29, 1.82) is 0 Å². The predicted octanol–water partition coefficient (Wildman–Crippen LogP) is 5.44. The van der Waals surface area contributed by atoms with E-state index in [4.69, 9.17) is 23.2 Å². The van der Waals surface area contributed by atoms with Crippen LogP contribution in [-0.2, 0) is 5.41 Å². The van der Waals surface area contributed by atoms with Crippen LogP contribution in [0.3, 0.4) is 0 Å². The molecule has 1 aromatic heterocycles. The van der Waals surface area contributed by atoms with Gasteiger partial charge in [0.05, 0.1) is 21.4 Å². The zero-order valence-electron chi connectivity index (χ0n) is 21.7. The number of nitrogens with one attached hydrogen (secondary N) is 1. The molecule has 0 radical (unpaired) electrons. The van der Waals surface area contributed by atoms with Gasteiger partial charge in [-0.15, -0.1) is 0 Å². The third-order valence-corrected chi connectivity index (χ3v) is 8.93. The lowest BCUT2D eigenvalue weighted by atomic mass is 9.73. The third-order valence-electron chi connectivity index (χ3n) is 8.19. The number of nitrogens with zero attached hydrogens (tertiary/aromatic N) is 4. The molecule has 0 aliphatic carbocycles. The summed E-state index contributed by atoms with van der Waals surface area (Å²) in [7, 11) is 0. The van der Waals surface area contributed by atoms with Crippen LogP contribution in [0.5, 0.6) is 0 Å². The second kappa shape index (κ2) is 11.7. The van der Waals surface area contributed by atoms with Crippen LogP contribution in [0.2, 0.25) is 10.0 Å². The number of aromatic nitrogens is 2. The minimum atomic E-state index is -0.836. The monoisotopic (exact) mass is 555 g/mol. The van der Waals surface area contributed by atoms with E-state index >= 15 is 0 Å². The Morgan fingerprint density at radius 2 is 1.84 bits per heavy atom. The van der Waals surface area contributed by atoms with E-state index in [1.807, 2.05) is 53.4 Å². The smallest absolute Gasteiger partial charge is 0.317 e. The van der Waals surface area contributed by atoms with Crippen LogP contribution in [0.15, 0.2) is 60.8 Å². The molecule has 2 N–H and O–H groups in total. The lowest BCUT2D eigenvalue weighted by Crippen LogP contribution is -2.54. The SMILES string of the molecule is CC(CCN1CCC(N2CCCNC2=O)CC1)(c1ccc(Cl)c(Cl)c1)C(O)c1ccnn1-c1ccccc1. The molecule has 9 heteroatoms. The maximum absolute atomic E-state index is 12.3. The number of rotatable bonds is 8. The summed E-state index contributed by atoms with van der Waals surface area (Å²) in [6, 6.07) is 17.7. The number of hydrogen-bond acceptors (Lipinski definition) is 4. The van der Waals surface area contributed by atoms with Gasteiger partial charge in [0.15, 0.2) is 0 Å². The minimum absolute atomic E-state index is 0.0695. The Labute approximate surface area is 234 Å². The van der Waals surface area contributed by atoms with Crippen LogP contribution in [0.25, 0.3) is 5.69 Å². The molecule has 2 unspecified atom stereocenters. The summed E-state index contributed by atoms with van der Waals surface area (Å²) >= 11 is 12.7. The highest BCUT2D eigenvalue weighted by atomic mass is 35.5. The first-order chi connectivity index (χ1) is 18.4. The fourth-order valence-electron chi connectivity index (χ4n) is 5.76. The van der Waals surface area contributed by atoms with E-state index in [2.05, 4.69) is 22.2 Å². The van der Waals surface area contributed by atoms with E-state index in [0.717, 1.165) is 68.9 Å². The Balaban J connectivity index is 1.35. The molecule has 0 spiro atoms. The largest absolute Gasteiger partial charge is 0.386 e. The standard InChI is InChI=1S/C29H35Cl2N5O2/c1-29(21-8-9-24(30)25(31)20-21,27(37)26-10-15-33-36(26)23-6-3-2-4-7-23)13-19-34-17-11-22(12-18-34)35-16-5-14-32-28(35)38/h2-4,6-10,15,20,22,27,37H,5,11-14,16-19H2,1H3,(H,32,38). The molecule has 2 aliphatic heterocycles. The number of hydrogen-bond donors (Lipinski definition) is 2. The highest BCUT2D eigenvalue weighted by Crippen LogP contribution is 2.42. The van der Waals surface area contributed by atoms with Gasteiger partial charge in [0, 0.05) is 43.8 Å². The molecule has 202 valence electrons. The number of piperidine rings is 1. The first kappa shape index (κ1) is 27.0. The van der Waals surface area contributed by atoms with Gasteiger partial charge in [-0.2, -0.15) is 5.10 Å². The molecule has 38 heavy (non-hydrogen) atoms. The van der Waals surface area contributed by atoms with E-state index in [-0.39, 0.29) is 6.03 Å². The van der Waals surface area contributed by atoms with Crippen LogP contribution in [-0.4, -0.2) is 69.5 Å². The topological polar surface area (TPSA) is 73.6 Å². The van der Waals surface area contributed by atoms with Crippen molar-refractivity contribution in [2.75, 3.05) is 32.7 Å². The van der Waals surface area contributed by atoms with Crippen molar-refractivity contribution in [3.05, 3.63) is 82.1 Å². The Morgan fingerprint density at radius 3 is 2.55 bits per heavy atom. The maximum Gasteiger partial charge on any atom is 0.317 e. The van der Waals surface area contributed by atoms with Gasteiger partial charge < -0.3 is 20.2 Å². The minimum Gasteiger partial charge on any atom is -0.386 e. The second-order valence-electron chi connectivity index (χ2n) is 10.6. The van der Waals surface area contributed by atoms with Gasteiger partial charge in [-0.05, 0) is 68.1 Å². The number of likely N-dealkylation sites (tertiary alicyclic amines) is 1. The zero-order chi connectivity index (χ0) is 26.7. The summed E-state index contributed by atoms with van der Waals surface area (Å²) in [6.07, 6.45) is 4.52. The molecule has 2 aliphatic rings. The van der Waals surface area contributed by atoms with Gasteiger partial charge in [-0.3, -0.25) is 0 Å². The van der Waals surface area contributed by atoms with Crippen molar-refractivity contribution in [1.82, 2.24) is 24.9 Å². The van der Waals surface area contributed by atoms with Gasteiger partial charge in [-0.1, -0.05) is 54.4 Å². The average Bonchev–Trinajstić information content (AvgIpc) is 3.44. The molecule has 7 nitrogen and oxygen atoms in total. The van der Waals surface area contributed by atoms with Crippen LogP contribution in [0.1, 0.15) is 50.0 Å². The summed E-state index contributed by atoms with van der Waals surface area (Å²) in [6.45, 7) is 6.35. The van der Waals surface area contributed by atoms with Gasteiger partial charge in [0.25, 0.3) is 0 Å². The van der Waals surface area contributed by atoms with Crippen LogP contribution >= 0.6 is 23.2 Å². The number of carbonyl (C=O) groups is 1. The Bertz CT molecular complexity index is 1240. The number of urea groups is 1. The summed E-state index contributed by atoms with van der Waals surface area (Å²) < 4.78 is 1.80. The molecule has 2 saturated heterocycles. The molecule has 2 amide bonds. The van der Waals surface area contributed by atoms with Crippen LogP contribution in [0, 0.1) is 0 Å². The molecule has 0 saturated carbocycles. The average molecular weight is 557 g/mol. The molecule has 0 bridgehead atoms. The van der Waals surface area contributed by atoms with Crippen molar-refractivity contribution < 1.29 is 9.90 Å². The van der Waals surface area contributed by atoms with Crippen molar-refractivity contribution in [2.24, 2.45) is 0 Å². The van der Waals surface area contributed by atoms with E-state index < -0.39 is 11.5 Å². The predicted molar refractivity (Wildman–Crippen MR) is 151 cm³/mol. The number of benzene rings is 2. The number of amides is 2. The summed E-state index contributed by atoms with van der Waals surface area (Å²) in [4.78, 5) is 16.8. The fraction of sp³-hybridized carbons (Fsp3) is 0.448. The van der Waals surface area contributed by atoms with Crippen LogP contribution < -0.4 is 5.32 Å². The number of para-hydroxylation sites is 1. The van der Waals surface area contributed by atoms with Crippen molar-refractivity contribution in [3.63, 3.8) is 0 Å². The van der Waals surface area contributed by atoms with E-state index in [9.17, 15) is 9.90 Å². The molecular formula is C29H35Cl2N5O2. The normalized spacial score (nSPS) is 19.7. The van der Waals surface area contributed by atoms with Gasteiger partial charge in [0.1, 0.15) is 6.10 Å². The van der Waals surface area contributed by atoms with Crippen molar-refractivity contribution in [3.8, 4) is 5.69 Å². The van der Waals surface area contributed by atoms with Gasteiger partial charge in [-0.25, -0.2) is 9.48 Å². The summed E-state index contributed by atoms with van der Waals surface area (Å²) in [5, 5.41) is 20.4. The molecular weight excluding hydrogens is 521 g/mol. The van der Waals surface area contributed by atoms with E-state index in [1.54, 1.807) is 16.9 Å². The quantitative estimate of drug-likeness (QED) is 0.388. The third kappa shape index (κ3) is 5.57. The highest BCUT2D eigenvalue weighted by Gasteiger charge is 2.39. The van der Waals surface area contributed by atoms with Gasteiger partial charge in [0.2, 0.25) is 0 Å². The highest BCUT2D eigenvalue weighted by molar-refractivity contribution is 6.42. The second-order valence-corrected chi connectivity index (χ2v) is 11.4. The molecule has 5 rings (SSSR count). The first-order valence-electron chi connectivity index (χ1n) is 13.4. The number of aliphatic hydroxyl groups is 1. The molecule has 2 aromatic carbocycles. The van der Waals surface area contributed by atoms with Gasteiger partial charge >= 0.3 is 6.03 Å². The molecule has 3 heterocycles. The molecule has 3 aromatic rings. The Morgan fingerprint density at radius 1 is 1.08 bits per heavy atom. The summed E-state index contributed by atoms with van der Waals surface area (Å²) in [5.41, 5.74) is 1.90. The lowest BCUT2D eigenvalue weighted by molar-refractivity contribution is 0.0614. The maximum atomic E-state index is 12.3. The van der Waals surface area contributed by atoms with E-state index in [0.29, 0.717) is 22.5 Å². The molecule has 2 fully saturated rings. The Kier molecular flexibility index (Phi) is 8.29. The fourth-order valence-corrected chi connectivity index (χ4v) is 6.06. The van der Waals surface area contributed by atoms with Crippen molar-refractivity contribution in [2.45, 2.75) is 50.2 Å². The number of halogens is 2. The lowest BCUT2D eigenvalue weighted by Gasteiger charge is -2.42. The van der Waals surface area contributed by atoms with Crippen molar-refractivity contribution >= 4 is 29.2 Å². The van der Waals surface area contributed by atoms with E-state index in [1.165, 1.54) is 0 Å². The first-order valence-corrected chi connectivity index (χ1v) is 14.1. The molecule has 2 atom stereocenters. The number of carbonyl (C=O) groups excluding carboxylic acids is 1. The van der Waals surface area contributed by atoms with Crippen LogP contribution in [0.4, 0.5) is 4.79 Å². The Hall–Kier alpha value is -2.58. The zero-order valence-corrected chi connectivity index (χ0v) is 23.2. The number of aliphatic hydroxyl groups excluding tert-OH is 1.